The number of hydrogen-bond donors (Lipinski definition) is 2. The van der Waals surface area contributed by atoms with Crippen LogP contribution in [-0.2, 0) is 9.53 Å². The Hall–Kier alpha value is -1.59. The number of carbonyl (C=O) groups is 2. The molecule has 5 nitrogen and oxygen atoms in total. The van der Waals surface area contributed by atoms with E-state index in [4.69, 9.17) is 22.1 Å². The van der Waals surface area contributed by atoms with Crippen molar-refractivity contribution >= 4 is 29.1 Å². The van der Waals surface area contributed by atoms with Gasteiger partial charge in [0.2, 0.25) is 11.8 Å². The number of amides is 2. The molecule has 0 aliphatic carbocycles. The molecule has 1 aliphatic heterocycles. The van der Waals surface area contributed by atoms with Crippen LogP contribution < -0.4 is 11.1 Å². The lowest BCUT2D eigenvalue weighted by atomic mass is 9.99. The van der Waals surface area contributed by atoms with Gasteiger partial charge < -0.3 is 15.8 Å². The molecule has 0 atom stereocenters. The molecule has 0 bridgehead atoms. The summed E-state index contributed by atoms with van der Waals surface area (Å²) in [6, 6.07) is 4.65. The highest BCUT2D eigenvalue weighted by molar-refractivity contribution is 6.34. The second kappa shape index (κ2) is 6.04. The van der Waals surface area contributed by atoms with E-state index in [1.54, 1.807) is 6.07 Å². The van der Waals surface area contributed by atoms with Crippen LogP contribution in [0.3, 0.4) is 0 Å². The number of primary amides is 1. The molecule has 0 spiro atoms. The smallest absolute Gasteiger partial charge is 0.250 e. The number of halogens is 1. The van der Waals surface area contributed by atoms with E-state index in [0.29, 0.717) is 18.9 Å². The van der Waals surface area contributed by atoms with E-state index in [1.165, 1.54) is 12.1 Å². The van der Waals surface area contributed by atoms with Crippen LogP contribution in [-0.4, -0.2) is 25.0 Å². The third kappa shape index (κ3) is 3.45. The van der Waals surface area contributed by atoms with Gasteiger partial charge in [0, 0.05) is 24.8 Å². The van der Waals surface area contributed by atoms with Crippen LogP contribution in [0.2, 0.25) is 5.02 Å². The van der Waals surface area contributed by atoms with Crippen molar-refractivity contribution in [3.63, 3.8) is 0 Å². The van der Waals surface area contributed by atoms with Crippen LogP contribution in [0.1, 0.15) is 23.2 Å². The molecule has 19 heavy (non-hydrogen) atoms. The summed E-state index contributed by atoms with van der Waals surface area (Å²) >= 11 is 5.92. The molecule has 2 rings (SSSR count). The van der Waals surface area contributed by atoms with Crippen LogP contribution in [0, 0.1) is 5.92 Å². The average molecular weight is 283 g/mol. The van der Waals surface area contributed by atoms with Crippen molar-refractivity contribution in [2.75, 3.05) is 18.5 Å². The number of ether oxygens (including phenoxy) is 1. The van der Waals surface area contributed by atoms with Gasteiger partial charge in [0.1, 0.15) is 0 Å². The topological polar surface area (TPSA) is 81.4 Å². The minimum Gasteiger partial charge on any atom is -0.381 e. The van der Waals surface area contributed by atoms with Crippen molar-refractivity contribution in [3.8, 4) is 0 Å². The maximum atomic E-state index is 12.0. The van der Waals surface area contributed by atoms with Crippen LogP contribution in [0.5, 0.6) is 0 Å². The van der Waals surface area contributed by atoms with E-state index in [1.807, 2.05) is 0 Å². The quantitative estimate of drug-likeness (QED) is 0.887. The molecule has 1 fully saturated rings. The van der Waals surface area contributed by atoms with Gasteiger partial charge in [-0.25, -0.2) is 0 Å². The van der Waals surface area contributed by atoms with Gasteiger partial charge in [0.05, 0.1) is 10.6 Å². The molecular weight excluding hydrogens is 268 g/mol. The minimum atomic E-state index is -0.590. The van der Waals surface area contributed by atoms with Gasteiger partial charge in [-0.3, -0.25) is 9.59 Å². The lowest BCUT2D eigenvalue weighted by molar-refractivity contribution is -0.122. The van der Waals surface area contributed by atoms with Crippen LogP contribution >= 0.6 is 11.6 Å². The Balaban J connectivity index is 2.04. The third-order valence-corrected chi connectivity index (χ3v) is 3.41. The highest BCUT2D eigenvalue weighted by atomic mass is 35.5. The zero-order chi connectivity index (χ0) is 13.8. The first kappa shape index (κ1) is 13.8. The van der Waals surface area contributed by atoms with E-state index < -0.39 is 5.91 Å². The summed E-state index contributed by atoms with van der Waals surface area (Å²) in [4.78, 5) is 23.0. The number of nitrogens with one attached hydrogen (secondary N) is 1. The fraction of sp³-hybridized carbons (Fsp3) is 0.385. The molecule has 1 aliphatic rings. The Bertz CT molecular complexity index is 499. The maximum Gasteiger partial charge on any atom is 0.250 e. The largest absolute Gasteiger partial charge is 0.381 e. The highest BCUT2D eigenvalue weighted by Crippen LogP contribution is 2.22. The van der Waals surface area contributed by atoms with Crippen molar-refractivity contribution < 1.29 is 14.3 Å². The predicted octanol–water partition coefficient (Wildman–Crippen LogP) is 1.80. The summed E-state index contributed by atoms with van der Waals surface area (Å²) in [5.41, 5.74) is 5.96. The Kier molecular flexibility index (Phi) is 4.39. The third-order valence-electron chi connectivity index (χ3n) is 3.09. The van der Waals surface area contributed by atoms with E-state index in [-0.39, 0.29) is 22.4 Å². The Morgan fingerprint density at radius 1 is 1.32 bits per heavy atom. The predicted molar refractivity (Wildman–Crippen MR) is 72.1 cm³/mol. The molecule has 3 N–H and O–H groups in total. The summed E-state index contributed by atoms with van der Waals surface area (Å²) < 4.78 is 5.21. The van der Waals surface area contributed by atoms with Crippen LogP contribution in [0.15, 0.2) is 18.2 Å². The van der Waals surface area contributed by atoms with Crippen molar-refractivity contribution in [3.05, 3.63) is 28.8 Å². The molecule has 1 heterocycles. The first-order chi connectivity index (χ1) is 9.08. The molecule has 0 saturated carbocycles. The second-order valence-electron chi connectivity index (χ2n) is 4.43. The molecule has 1 aromatic rings. The number of hydrogen-bond acceptors (Lipinski definition) is 3. The monoisotopic (exact) mass is 282 g/mol. The fourth-order valence-corrected chi connectivity index (χ4v) is 2.27. The van der Waals surface area contributed by atoms with Crippen molar-refractivity contribution in [1.82, 2.24) is 0 Å². The minimum absolute atomic E-state index is 0.0386. The molecule has 0 unspecified atom stereocenters. The van der Waals surface area contributed by atoms with E-state index in [0.717, 1.165) is 12.8 Å². The molecule has 102 valence electrons. The van der Waals surface area contributed by atoms with Gasteiger partial charge in [0.25, 0.3) is 0 Å². The lowest BCUT2D eigenvalue weighted by Gasteiger charge is -2.21. The number of anilines is 1. The van der Waals surface area contributed by atoms with Gasteiger partial charge >= 0.3 is 0 Å². The molecule has 1 aromatic carbocycles. The molecule has 2 amide bonds. The molecular formula is C13H15ClN2O3. The summed E-state index contributed by atoms with van der Waals surface area (Å²) in [7, 11) is 0. The lowest BCUT2D eigenvalue weighted by Crippen LogP contribution is -2.28. The first-order valence-electron chi connectivity index (χ1n) is 6.06. The number of benzene rings is 1. The van der Waals surface area contributed by atoms with Crippen molar-refractivity contribution in [2.45, 2.75) is 12.8 Å². The molecule has 0 aromatic heterocycles. The number of rotatable bonds is 3. The molecule has 0 radical (unpaired) electrons. The number of carbonyl (C=O) groups excluding carboxylic acids is 2. The molecule has 1 saturated heterocycles. The summed E-state index contributed by atoms with van der Waals surface area (Å²) in [6.45, 7) is 1.22. The SMILES string of the molecule is NC(=O)c1ccc(NC(=O)C2CCOCC2)cc1Cl. The average Bonchev–Trinajstić information content (AvgIpc) is 2.39. The highest BCUT2D eigenvalue weighted by Gasteiger charge is 2.21. The zero-order valence-electron chi connectivity index (χ0n) is 10.3. The maximum absolute atomic E-state index is 12.0. The Labute approximate surface area is 116 Å². The Morgan fingerprint density at radius 2 is 2.00 bits per heavy atom. The van der Waals surface area contributed by atoms with Gasteiger partial charge in [-0.2, -0.15) is 0 Å². The van der Waals surface area contributed by atoms with Crippen LogP contribution in [0.25, 0.3) is 0 Å². The van der Waals surface area contributed by atoms with Crippen molar-refractivity contribution in [2.24, 2.45) is 11.7 Å². The Morgan fingerprint density at radius 3 is 2.58 bits per heavy atom. The van der Waals surface area contributed by atoms with Gasteiger partial charge in [-0.1, -0.05) is 11.6 Å². The molecule has 6 heteroatoms. The summed E-state index contributed by atoms with van der Waals surface area (Å²) in [6.07, 6.45) is 1.44. The van der Waals surface area contributed by atoms with Gasteiger partial charge in [0.15, 0.2) is 0 Å². The number of nitrogens with two attached hydrogens (primary N) is 1. The van der Waals surface area contributed by atoms with Gasteiger partial charge in [-0.05, 0) is 31.0 Å². The van der Waals surface area contributed by atoms with Gasteiger partial charge in [-0.15, -0.1) is 0 Å². The summed E-state index contributed by atoms with van der Waals surface area (Å²) in [5, 5.41) is 3.02. The normalized spacial score (nSPS) is 16.1. The first-order valence-corrected chi connectivity index (χ1v) is 6.43. The van der Waals surface area contributed by atoms with E-state index >= 15 is 0 Å². The van der Waals surface area contributed by atoms with Crippen molar-refractivity contribution in [1.29, 1.82) is 0 Å². The van der Waals surface area contributed by atoms with Crippen LogP contribution in [0.4, 0.5) is 5.69 Å². The standard InChI is InChI=1S/C13H15ClN2O3/c14-11-7-9(1-2-10(11)12(15)17)16-13(18)8-3-5-19-6-4-8/h1-2,7-8H,3-6H2,(H2,15,17)(H,16,18). The zero-order valence-corrected chi connectivity index (χ0v) is 11.1. The summed E-state index contributed by atoms with van der Waals surface area (Å²) in [5.74, 6) is -0.679. The van der Waals surface area contributed by atoms with E-state index in [9.17, 15) is 9.59 Å². The second-order valence-corrected chi connectivity index (χ2v) is 4.84. The van der Waals surface area contributed by atoms with E-state index in [2.05, 4.69) is 5.32 Å². The fourth-order valence-electron chi connectivity index (χ4n) is 2.00.